The number of ether oxygens (including phenoxy) is 1. The van der Waals surface area contributed by atoms with Gasteiger partial charge < -0.3 is 19.4 Å². The van der Waals surface area contributed by atoms with Gasteiger partial charge in [0.25, 0.3) is 5.91 Å². The van der Waals surface area contributed by atoms with Gasteiger partial charge in [-0.2, -0.15) is 4.31 Å². The molecule has 0 unspecified atom stereocenters. The molecule has 38 heavy (non-hydrogen) atoms. The normalized spacial score (nSPS) is 17.2. The summed E-state index contributed by atoms with van der Waals surface area (Å²) in [6.45, 7) is 5.04. The predicted octanol–water partition coefficient (Wildman–Crippen LogP) is 2.86. The van der Waals surface area contributed by atoms with Gasteiger partial charge in [-0.1, -0.05) is 11.3 Å². The number of fused-ring (bicyclic) bond motifs is 1. The highest BCUT2D eigenvalue weighted by Crippen LogP contribution is 2.30. The van der Waals surface area contributed by atoms with Crippen LogP contribution in [0.4, 0.5) is 14.3 Å². The number of nitrogens with zero attached hydrogens (tertiary/aromatic N) is 5. The Morgan fingerprint density at radius 2 is 1.61 bits per heavy atom. The molecule has 0 atom stereocenters. The molecule has 2 aromatic carbocycles. The molecule has 3 heterocycles. The molecule has 0 N–H and O–H groups in total. The fourth-order valence-electron chi connectivity index (χ4n) is 4.55. The lowest BCUT2D eigenvalue weighted by atomic mass is 10.2. The second-order valence-electron chi connectivity index (χ2n) is 9.00. The number of anilines is 1. The zero-order valence-electron chi connectivity index (χ0n) is 20.9. The Bertz CT molecular complexity index is 1430. The number of sulfonamides is 1. The maximum Gasteiger partial charge on any atom is 0.409 e. The van der Waals surface area contributed by atoms with Gasteiger partial charge in [-0.05, 0) is 49.4 Å². The molecule has 2 amide bonds. The molecule has 2 aliphatic rings. The molecule has 0 bridgehead atoms. The molecule has 2 saturated heterocycles. The van der Waals surface area contributed by atoms with Crippen molar-refractivity contribution in [1.82, 2.24) is 19.1 Å². The molecule has 3 aromatic rings. The lowest BCUT2D eigenvalue weighted by Crippen LogP contribution is -2.50. The number of carbonyl (C=O) groups excluding carboxylic acids is 2. The number of carbonyl (C=O) groups is 2. The third-order valence-electron chi connectivity index (χ3n) is 6.68. The quantitative estimate of drug-likeness (QED) is 0.472. The van der Waals surface area contributed by atoms with E-state index in [-0.39, 0.29) is 49.4 Å². The van der Waals surface area contributed by atoms with Crippen LogP contribution in [0.5, 0.6) is 0 Å². The molecule has 202 valence electrons. The van der Waals surface area contributed by atoms with Crippen LogP contribution in [0.3, 0.4) is 0 Å². The van der Waals surface area contributed by atoms with E-state index < -0.39 is 16.1 Å². The highest BCUT2D eigenvalue weighted by Gasteiger charge is 2.31. The van der Waals surface area contributed by atoms with Gasteiger partial charge >= 0.3 is 6.09 Å². The lowest BCUT2D eigenvalue weighted by Gasteiger charge is -2.34. The summed E-state index contributed by atoms with van der Waals surface area (Å²) < 4.78 is 46.8. The van der Waals surface area contributed by atoms with Crippen LogP contribution < -0.4 is 4.90 Å². The number of thiazole rings is 1. The summed E-state index contributed by atoms with van der Waals surface area (Å²) in [6, 6.07) is 10.5. The van der Waals surface area contributed by atoms with Crippen molar-refractivity contribution in [2.45, 2.75) is 11.8 Å². The first-order valence-electron chi connectivity index (χ1n) is 12.4. The molecular formula is C25H28FN5O5S2. The van der Waals surface area contributed by atoms with Gasteiger partial charge in [0.2, 0.25) is 10.0 Å². The van der Waals surface area contributed by atoms with Gasteiger partial charge in [0, 0.05) is 57.9 Å². The highest BCUT2D eigenvalue weighted by atomic mass is 32.2. The van der Waals surface area contributed by atoms with Crippen molar-refractivity contribution in [3.05, 3.63) is 53.8 Å². The van der Waals surface area contributed by atoms with Crippen molar-refractivity contribution in [1.29, 1.82) is 0 Å². The van der Waals surface area contributed by atoms with Crippen molar-refractivity contribution in [3.63, 3.8) is 0 Å². The van der Waals surface area contributed by atoms with Crippen LogP contribution in [-0.2, 0) is 14.8 Å². The van der Waals surface area contributed by atoms with Gasteiger partial charge in [-0.15, -0.1) is 0 Å². The smallest absolute Gasteiger partial charge is 0.409 e. The van der Waals surface area contributed by atoms with Crippen LogP contribution in [0.1, 0.15) is 17.3 Å². The van der Waals surface area contributed by atoms with Crippen molar-refractivity contribution < 1.29 is 27.1 Å². The van der Waals surface area contributed by atoms with Gasteiger partial charge in [0.05, 0.1) is 21.7 Å². The second-order valence-corrected chi connectivity index (χ2v) is 11.9. The molecule has 0 radical (unpaired) electrons. The largest absolute Gasteiger partial charge is 0.450 e. The third-order valence-corrected chi connectivity index (χ3v) is 9.67. The van der Waals surface area contributed by atoms with Crippen molar-refractivity contribution >= 4 is 48.7 Å². The SMILES string of the molecule is CCOC(=O)N1CCN(S(=O)(=O)c2ccc(C(=O)N3CCN(c4nc5ccc(F)cc5s4)CC3)cc2)CC1. The summed E-state index contributed by atoms with van der Waals surface area (Å²) in [5, 5.41) is 0.801. The second kappa shape index (κ2) is 10.8. The monoisotopic (exact) mass is 561 g/mol. The summed E-state index contributed by atoms with van der Waals surface area (Å²) >= 11 is 1.43. The van der Waals surface area contributed by atoms with E-state index in [9.17, 15) is 22.4 Å². The number of halogens is 1. The minimum atomic E-state index is -3.75. The van der Waals surface area contributed by atoms with E-state index in [0.29, 0.717) is 31.7 Å². The number of piperazine rings is 2. The fraction of sp³-hybridized carbons (Fsp3) is 0.400. The zero-order chi connectivity index (χ0) is 26.9. The number of aromatic nitrogens is 1. The molecule has 13 heteroatoms. The van der Waals surface area contributed by atoms with Crippen LogP contribution in [0.15, 0.2) is 47.4 Å². The van der Waals surface area contributed by atoms with Gasteiger partial charge in [0.15, 0.2) is 5.13 Å². The Labute approximate surface area is 224 Å². The van der Waals surface area contributed by atoms with E-state index >= 15 is 0 Å². The van der Waals surface area contributed by atoms with Gasteiger partial charge in [0.1, 0.15) is 5.82 Å². The predicted molar refractivity (Wildman–Crippen MR) is 141 cm³/mol. The van der Waals surface area contributed by atoms with E-state index in [1.165, 1.54) is 44.8 Å². The number of rotatable bonds is 5. The van der Waals surface area contributed by atoms with E-state index in [1.807, 2.05) is 0 Å². The molecule has 0 aliphatic carbocycles. The van der Waals surface area contributed by atoms with Crippen molar-refractivity contribution in [3.8, 4) is 0 Å². The minimum absolute atomic E-state index is 0.107. The fourth-order valence-corrected chi connectivity index (χ4v) is 7.01. The maximum absolute atomic E-state index is 13.5. The minimum Gasteiger partial charge on any atom is -0.450 e. The topological polar surface area (TPSA) is 103 Å². The average Bonchev–Trinajstić information content (AvgIpc) is 3.36. The van der Waals surface area contributed by atoms with E-state index in [4.69, 9.17) is 4.74 Å². The van der Waals surface area contributed by atoms with Crippen LogP contribution in [0.2, 0.25) is 0 Å². The standard InChI is InChI=1S/C25H28FN5O5S2/c1-2-36-25(33)30-13-15-31(16-14-30)38(34,35)20-6-3-18(4-7-20)23(32)28-9-11-29(12-10-28)24-27-21-8-5-19(26)17-22(21)37-24/h3-8,17H,2,9-16H2,1H3. The van der Waals surface area contributed by atoms with Crippen molar-refractivity contribution in [2.24, 2.45) is 0 Å². The summed E-state index contributed by atoms with van der Waals surface area (Å²) in [5.74, 6) is -0.457. The van der Waals surface area contributed by atoms with Crippen LogP contribution in [0, 0.1) is 5.82 Å². The van der Waals surface area contributed by atoms with Crippen molar-refractivity contribution in [2.75, 3.05) is 63.9 Å². The molecule has 5 rings (SSSR count). The number of hydrogen-bond acceptors (Lipinski definition) is 8. The summed E-state index contributed by atoms with van der Waals surface area (Å²) in [7, 11) is -3.75. The van der Waals surface area contributed by atoms with Gasteiger partial charge in [-0.3, -0.25) is 4.79 Å². The van der Waals surface area contributed by atoms with Crippen LogP contribution in [0.25, 0.3) is 10.2 Å². The maximum atomic E-state index is 13.5. The van der Waals surface area contributed by atoms with Crippen LogP contribution >= 0.6 is 11.3 Å². The van der Waals surface area contributed by atoms with Gasteiger partial charge in [-0.25, -0.2) is 22.6 Å². The molecule has 10 nitrogen and oxygen atoms in total. The highest BCUT2D eigenvalue weighted by molar-refractivity contribution is 7.89. The molecular weight excluding hydrogens is 533 g/mol. The molecule has 0 spiro atoms. The van der Waals surface area contributed by atoms with E-state index in [1.54, 1.807) is 30.0 Å². The number of hydrogen-bond donors (Lipinski definition) is 0. The first-order chi connectivity index (χ1) is 18.3. The van der Waals surface area contributed by atoms with E-state index in [0.717, 1.165) is 15.3 Å². The summed E-state index contributed by atoms with van der Waals surface area (Å²) in [5.41, 5.74) is 1.17. The molecule has 0 saturated carbocycles. The Kier molecular flexibility index (Phi) is 7.50. The Hall–Kier alpha value is -3.29. The molecule has 1 aromatic heterocycles. The number of amides is 2. The third kappa shape index (κ3) is 5.31. The van der Waals surface area contributed by atoms with Crippen LogP contribution in [-0.4, -0.2) is 98.5 Å². The number of benzene rings is 2. The summed E-state index contributed by atoms with van der Waals surface area (Å²) in [4.78, 5) is 35.0. The Balaban J connectivity index is 1.18. The van der Waals surface area contributed by atoms with E-state index in [2.05, 4.69) is 9.88 Å². The lowest BCUT2D eigenvalue weighted by molar-refractivity contribution is 0.0746. The first-order valence-corrected chi connectivity index (χ1v) is 14.6. The Morgan fingerprint density at radius 3 is 2.26 bits per heavy atom. The average molecular weight is 562 g/mol. The first kappa shape index (κ1) is 26.3. The molecule has 2 aliphatic heterocycles. The Morgan fingerprint density at radius 1 is 0.947 bits per heavy atom. The zero-order valence-corrected chi connectivity index (χ0v) is 22.5. The molecule has 2 fully saturated rings. The summed E-state index contributed by atoms with van der Waals surface area (Å²) in [6.07, 6.45) is -0.441.